The van der Waals surface area contributed by atoms with Crippen molar-refractivity contribution in [3.8, 4) is 5.75 Å². The normalized spacial score (nSPS) is 15.5. The Labute approximate surface area is 154 Å². The Morgan fingerprint density at radius 2 is 1.77 bits per heavy atom. The van der Waals surface area contributed by atoms with Gasteiger partial charge in [0.05, 0.1) is 12.8 Å². The SMILES string of the molecule is COc1ccccc1N1CCN(CCCc2nc3ccccc3o2)CC1. The summed E-state index contributed by atoms with van der Waals surface area (Å²) in [4.78, 5) is 9.49. The fraction of sp³-hybridized carbons (Fsp3) is 0.381. The average molecular weight is 351 g/mol. The fourth-order valence-corrected chi connectivity index (χ4v) is 3.58. The predicted molar refractivity (Wildman–Crippen MR) is 104 cm³/mol. The zero-order valence-corrected chi connectivity index (χ0v) is 15.2. The first-order chi connectivity index (χ1) is 12.8. The smallest absolute Gasteiger partial charge is 0.195 e. The first-order valence-electron chi connectivity index (χ1n) is 9.28. The molecule has 5 nitrogen and oxygen atoms in total. The lowest BCUT2D eigenvalue weighted by atomic mass is 10.2. The van der Waals surface area contributed by atoms with Crippen LogP contribution in [0.1, 0.15) is 12.3 Å². The minimum Gasteiger partial charge on any atom is -0.495 e. The van der Waals surface area contributed by atoms with Gasteiger partial charge in [-0.25, -0.2) is 4.98 Å². The summed E-state index contributed by atoms with van der Waals surface area (Å²) in [6.45, 7) is 5.29. The molecule has 4 rings (SSSR count). The molecule has 0 radical (unpaired) electrons. The zero-order valence-electron chi connectivity index (χ0n) is 15.2. The van der Waals surface area contributed by atoms with Crippen LogP contribution in [0.4, 0.5) is 5.69 Å². The first kappa shape index (κ1) is 16.9. The van der Waals surface area contributed by atoms with Crippen LogP contribution in [-0.4, -0.2) is 49.7 Å². The van der Waals surface area contributed by atoms with E-state index in [1.54, 1.807) is 7.11 Å². The van der Waals surface area contributed by atoms with Crippen molar-refractivity contribution in [2.75, 3.05) is 44.7 Å². The number of fused-ring (bicyclic) bond motifs is 1. The molecule has 1 saturated heterocycles. The molecule has 3 aromatic rings. The van der Waals surface area contributed by atoms with E-state index in [9.17, 15) is 0 Å². The number of nitrogens with zero attached hydrogens (tertiary/aromatic N) is 3. The molecule has 26 heavy (non-hydrogen) atoms. The van der Waals surface area contributed by atoms with Crippen molar-refractivity contribution in [1.29, 1.82) is 0 Å². The molecule has 0 N–H and O–H groups in total. The highest BCUT2D eigenvalue weighted by atomic mass is 16.5. The summed E-state index contributed by atoms with van der Waals surface area (Å²) in [6.07, 6.45) is 1.96. The van der Waals surface area contributed by atoms with Gasteiger partial charge >= 0.3 is 0 Å². The van der Waals surface area contributed by atoms with E-state index in [2.05, 4.69) is 26.9 Å². The van der Waals surface area contributed by atoms with Gasteiger partial charge in [0.15, 0.2) is 11.5 Å². The number of rotatable bonds is 6. The largest absolute Gasteiger partial charge is 0.495 e. The third-order valence-electron chi connectivity index (χ3n) is 5.00. The van der Waals surface area contributed by atoms with E-state index < -0.39 is 0 Å². The number of hydrogen-bond donors (Lipinski definition) is 0. The highest BCUT2D eigenvalue weighted by molar-refractivity contribution is 5.72. The molecule has 2 heterocycles. The summed E-state index contributed by atoms with van der Waals surface area (Å²) < 4.78 is 11.3. The monoisotopic (exact) mass is 351 g/mol. The third-order valence-corrected chi connectivity index (χ3v) is 5.00. The molecule has 0 spiro atoms. The Kier molecular flexibility index (Phi) is 5.07. The van der Waals surface area contributed by atoms with E-state index in [0.29, 0.717) is 0 Å². The number of piperazine rings is 1. The number of ether oxygens (including phenoxy) is 1. The Balaban J connectivity index is 1.26. The fourth-order valence-electron chi connectivity index (χ4n) is 3.58. The molecule has 0 amide bonds. The second-order valence-electron chi connectivity index (χ2n) is 6.68. The lowest BCUT2D eigenvalue weighted by molar-refractivity contribution is 0.252. The number of aryl methyl sites for hydroxylation is 1. The van der Waals surface area contributed by atoms with Gasteiger partial charge in [-0.15, -0.1) is 0 Å². The van der Waals surface area contributed by atoms with Crippen LogP contribution in [-0.2, 0) is 6.42 Å². The molecular weight excluding hydrogens is 326 g/mol. The van der Waals surface area contributed by atoms with Crippen molar-refractivity contribution in [2.45, 2.75) is 12.8 Å². The van der Waals surface area contributed by atoms with E-state index in [-0.39, 0.29) is 0 Å². The lowest BCUT2D eigenvalue weighted by Crippen LogP contribution is -2.46. The Morgan fingerprint density at radius 1 is 1.00 bits per heavy atom. The van der Waals surface area contributed by atoms with Crippen LogP contribution >= 0.6 is 0 Å². The molecule has 1 aliphatic heterocycles. The summed E-state index contributed by atoms with van der Waals surface area (Å²) in [5, 5.41) is 0. The van der Waals surface area contributed by atoms with Crippen LogP contribution in [0.3, 0.4) is 0 Å². The molecule has 1 aliphatic rings. The van der Waals surface area contributed by atoms with Gasteiger partial charge in [-0.3, -0.25) is 4.90 Å². The van der Waals surface area contributed by atoms with E-state index in [1.807, 2.05) is 36.4 Å². The van der Waals surface area contributed by atoms with Crippen LogP contribution in [0.15, 0.2) is 52.9 Å². The molecule has 136 valence electrons. The number of aromatic nitrogens is 1. The van der Waals surface area contributed by atoms with E-state index in [1.165, 1.54) is 5.69 Å². The Morgan fingerprint density at radius 3 is 2.58 bits per heavy atom. The van der Waals surface area contributed by atoms with Crippen molar-refractivity contribution < 1.29 is 9.15 Å². The van der Waals surface area contributed by atoms with Gasteiger partial charge in [0, 0.05) is 32.6 Å². The van der Waals surface area contributed by atoms with Crippen molar-refractivity contribution >= 4 is 16.8 Å². The first-order valence-corrected chi connectivity index (χ1v) is 9.28. The van der Waals surface area contributed by atoms with Crippen LogP contribution in [0, 0.1) is 0 Å². The quantitative estimate of drug-likeness (QED) is 0.679. The number of benzene rings is 2. The van der Waals surface area contributed by atoms with Crippen molar-refractivity contribution in [3.63, 3.8) is 0 Å². The molecule has 0 unspecified atom stereocenters. The Bertz CT molecular complexity index is 820. The number of anilines is 1. The summed E-state index contributed by atoms with van der Waals surface area (Å²) in [6, 6.07) is 16.2. The van der Waals surface area contributed by atoms with Gasteiger partial charge in [-0.2, -0.15) is 0 Å². The number of methoxy groups -OCH3 is 1. The highest BCUT2D eigenvalue weighted by Crippen LogP contribution is 2.28. The van der Waals surface area contributed by atoms with Crippen LogP contribution in [0.5, 0.6) is 5.75 Å². The number of oxazole rings is 1. The van der Waals surface area contributed by atoms with Crippen molar-refractivity contribution in [3.05, 3.63) is 54.4 Å². The van der Waals surface area contributed by atoms with Crippen molar-refractivity contribution in [2.24, 2.45) is 0 Å². The highest BCUT2D eigenvalue weighted by Gasteiger charge is 2.19. The summed E-state index contributed by atoms with van der Waals surface area (Å²) in [7, 11) is 1.74. The summed E-state index contributed by atoms with van der Waals surface area (Å²) in [5.74, 6) is 1.80. The third kappa shape index (κ3) is 3.68. The second-order valence-corrected chi connectivity index (χ2v) is 6.68. The van der Waals surface area contributed by atoms with Gasteiger partial charge < -0.3 is 14.1 Å². The van der Waals surface area contributed by atoms with Crippen LogP contribution in [0.2, 0.25) is 0 Å². The van der Waals surface area contributed by atoms with Crippen LogP contribution in [0.25, 0.3) is 11.1 Å². The molecule has 0 atom stereocenters. The van der Waals surface area contributed by atoms with Gasteiger partial charge in [0.25, 0.3) is 0 Å². The minimum atomic E-state index is 0.846. The molecule has 1 aromatic heterocycles. The molecule has 0 aliphatic carbocycles. The van der Waals surface area contributed by atoms with Crippen molar-refractivity contribution in [1.82, 2.24) is 9.88 Å². The topological polar surface area (TPSA) is 41.7 Å². The maximum absolute atomic E-state index is 5.81. The zero-order chi connectivity index (χ0) is 17.8. The average Bonchev–Trinajstić information content (AvgIpc) is 3.11. The molecule has 5 heteroatoms. The van der Waals surface area contributed by atoms with E-state index >= 15 is 0 Å². The van der Waals surface area contributed by atoms with E-state index in [0.717, 1.165) is 68.3 Å². The molecule has 1 fully saturated rings. The van der Waals surface area contributed by atoms with E-state index in [4.69, 9.17) is 9.15 Å². The molecule has 0 bridgehead atoms. The lowest BCUT2D eigenvalue weighted by Gasteiger charge is -2.36. The molecular formula is C21H25N3O2. The maximum atomic E-state index is 5.81. The standard InChI is InChI=1S/C21H25N3O2/c1-25-20-10-5-3-8-18(20)24-15-13-23(14-16-24)12-6-11-21-22-17-7-2-4-9-19(17)26-21/h2-5,7-10H,6,11-16H2,1H3. The van der Waals surface area contributed by atoms with Gasteiger partial charge in [0.1, 0.15) is 11.3 Å². The van der Waals surface area contributed by atoms with Gasteiger partial charge in [-0.1, -0.05) is 24.3 Å². The predicted octanol–water partition coefficient (Wildman–Crippen LogP) is 3.59. The number of para-hydroxylation sites is 4. The summed E-state index contributed by atoms with van der Waals surface area (Å²) >= 11 is 0. The summed E-state index contributed by atoms with van der Waals surface area (Å²) in [5.41, 5.74) is 3.03. The molecule has 0 saturated carbocycles. The van der Waals surface area contributed by atoms with Gasteiger partial charge in [0.2, 0.25) is 0 Å². The maximum Gasteiger partial charge on any atom is 0.195 e. The van der Waals surface area contributed by atoms with Gasteiger partial charge in [-0.05, 0) is 37.2 Å². The number of hydrogen-bond acceptors (Lipinski definition) is 5. The van der Waals surface area contributed by atoms with Crippen LogP contribution < -0.4 is 9.64 Å². The minimum absolute atomic E-state index is 0.846. The molecule has 2 aromatic carbocycles. The Hall–Kier alpha value is -2.53. The second kappa shape index (κ2) is 7.79.